The lowest BCUT2D eigenvalue weighted by Crippen LogP contribution is -2.34. The summed E-state index contributed by atoms with van der Waals surface area (Å²) in [6.07, 6.45) is 2.08. The fourth-order valence-corrected chi connectivity index (χ4v) is 3.80. The molecule has 3 aromatic rings. The van der Waals surface area contributed by atoms with Crippen LogP contribution in [0.15, 0.2) is 72.0 Å². The molecule has 2 aromatic carbocycles. The molecular weight excluding hydrogens is 338 g/mol. The largest absolute Gasteiger partial charge is 0.507 e. The van der Waals surface area contributed by atoms with Gasteiger partial charge < -0.3 is 9.84 Å². The van der Waals surface area contributed by atoms with Crippen LogP contribution >= 0.6 is 0 Å². The maximum Gasteiger partial charge on any atom is 0.230 e. The second-order valence-electron chi connectivity index (χ2n) is 6.93. The third-order valence-corrected chi connectivity index (χ3v) is 5.10. The van der Waals surface area contributed by atoms with Crippen molar-refractivity contribution in [3.8, 4) is 11.5 Å². The van der Waals surface area contributed by atoms with Crippen LogP contribution < -0.4 is 4.74 Å². The van der Waals surface area contributed by atoms with E-state index < -0.39 is 6.23 Å². The number of phenols is 1. The number of benzene rings is 2. The molecular formula is C22H19N3O2. The van der Waals surface area contributed by atoms with Gasteiger partial charge in [0, 0.05) is 23.7 Å². The number of aromatic nitrogens is 1. The van der Waals surface area contributed by atoms with Gasteiger partial charge in [-0.15, -0.1) is 0 Å². The van der Waals surface area contributed by atoms with Gasteiger partial charge in [-0.2, -0.15) is 5.10 Å². The highest BCUT2D eigenvalue weighted by atomic mass is 16.5. The summed E-state index contributed by atoms with van der Waals surface area (Å²) >= 11 is 0. The maximum atomic E-state index is 10.4. The van der Waals surface area contributed by atoms with E-state index in [0.717, 1.165) is 33.8 Å². The molecule has 134 valence electrons. The van der Waals surface area contributed by atoms with E-state index in [-0.39, 0.29) is 11.8 Å². The van der Waals surface area contributed by atoms with Crippen molar-refractivity contribution in [1.29, 1.82) is 0 Å². The van der Waals surface area contributed by atoms with Crippen LogP contribution in [-0.4, -0.2) is 20.8 Å². The van der Waals surface area contributed by atoms with E-state index in [1.807, 2.05) is 60.5 Å². The van der Waals surface area contributed by atoms with E-state index in [2.05, 4.69) is 11.1 Å². The van der Waals surface area contributed by atoms with Crippen LogP contribution in [0.5, 0.6) is 11.5 Å². The van der Waals surface area contributed by atoms with Crippen LogP contribution in [0.3, 0.4) is 0 Å². The zero-order chi connectivity index (χ0) is 18.4. The molecule has 1 N–H and O–H groups in total. The van der Waals surface area contributed by atoms with E-state index in [0.29, 0.717) is 6.42 Å². The number of aromatic hydroxyl groups is 1. The Morgan fingerprint density at radius 3 is 2.78 bits per heavy atom. The number of rotatable bonds is 2. The molecule has 2 aliphatic heterocycles. The predicted molar refractivity (Wildman–Crippen MR) is 103 cm³/mol. The smallest absolute Gasteiger partial charge is 0.230 e. The molecule has 0 unspecified atom stereocenters. The quantitative estimate of drug-likeness (QED) is 0.741. The topological polar surface area (TPSA) is 58.0 Å². The summed E-state index contributed by atoms with van der Waals surface area (Å²) < 4.78 is 6.26. The van der Waals surface area contributed by atoms with Gasteiger partial charge in [0.25, 0.3) is 0 Å². The molecule has 27 heavy (non-hydrogen) atoms. The first kappa shape index (κ1) is 15.9. The number of fused-ring (bicyclic) bond motifs is 3. The zero-order valence-corrected chi connectivity index (χ0v) is 14.9. The number of para-hydroxylation sites is 1. The number of hydrazone groups is 1. The molecule has 0 saturated heterocycles. The number of aryl methyl sites for hydroxylation is 1. The molecule has 0 spiro atoms. The van der Waals surface area contributed by atoms with Crippen molar-refractivity contribution in [3.05, 3.63) is 89.2 Å². The molecule has 2 aliphatic rings. The highest BCUT2D eigenvalue weighted by Gasteiger charge is 2.41. The molecule has 5 heteroatoms. The number of hydrogen-bond donors (Lipinski definition) is 1. The zero-order valence-electron chi connectivity index (χ0n) is 14.9. The normalized spacial score (nSPS) is 20.5. The van der Waals surface area contributed by atoms with Gasteiger partial charge in [-0.1, -0.05) is 35.9 Å². The molecule has 0 aliphatic carbocycles. The minimum Gasteiger partial charge on any atom is -0.507 e. The molecule has 0 bridgehead atoms. The Hall–Kier alpha value is -3.34. The Morgan fingerprint density at radius 1 is 1.07 bits per heavy atom. The molecule has 1 aromatic heterocycles. The molecule has 0 amide bonds. The SMILES string of the molecule is Cc1ccc(O)c(C2=NN3[C@H](C2)c2ccccc2O[C@H]3c2ccccn2)c1. The van der Waals surface area contributed by atoms with Gasteiger partial charge in [0.15, 0.2) is 0 Å². The van der Waals surface area contributed by atoms with Gasteiger partial charge in [-0.3, -0.25) is 4.98 Å². The van der Waals surface area contributed by atoms with E-state index in [1.165, 1.54) is 0 Å². The van der Waals surface area contributed by atoms with Crippen LogP contribution in [0, 0.1) is 6.92 Å². The van der Waals surface area contributed by atoms with Gasteiger partial charge in [0.1, 0.15) is 17.2 Å². The van der Waals surface area contributed by atoms with Crippen LogP contribution in [0.4, 0.5) is 0 Å². The average molecular weight is 357 g/mol. The Morgan fingerprint density at radius 2 is 1.93 bits per heavy atom. The summed E-state index contributed by atoms with van der Waals surface area (Å²) in [5.41, 5.74) is 4.66. The first-order valence-electron chi connectivity index (χ1n) is 9.03. The summed E-state index contributed by atoms with van der Waals surface area (Å²) in [5.74, 6) is 1.11. The van der Waals surface area contributed by atoms with Crippen molar-refractivity contribution in [3.63, 3.8) is 0 Å². The Labute approximate surface area is 157 Å². The molecule has 0 radical (unpaired) electrons. The highest BCUT2D eigenvalue weighted by Crippen LogP contribution is 2.47. The third-order valence-electron chi connectivity index (χ3n) is 5.10. The molecule has 3 heterocycles. The lowest BCUT2D eigenvalue weighted by molar-refractivity contribution is -0.0218. The van der Waals surface area contributed by atoms with Crippen LogP contribution in [0.1, 0.15) is 41.1 Å². The fourth-order valence-electron chi connectivity index (χ4n) is 3.80. The van der Waals surface area contributed by atoms with E-state index >= 15 is 0 Å². The first-order valence-corrected chi connectivity index (χ1v) is 9.03. The lowest BCUT2D eigenvalue weighted by Gasteiger charge is -2.37. The van der Waals surface area contributed by atoms with Crippen LogP contribution in [0.25, 0.3) is 0 Å². The van der Waals surface area contributed by atoms with Crippen molar-refractivity contribution in [2.24, 2.45) is 5.10 Å². The average Bonchev–Trinajstić information content (AvgIpc) is 3.15. The van der Waals surface area contributed by atoms with Gasteiger partial charge in [-0.25, -0.2) is 5.01 Å². The second kappa shape index (κ2) is 6.13. The number of phenolic OH excluding ortho intramolecular Hbond substituents is 1. The summed E-state index contributed by atoms with van der Waals surface area (Å²) in [7, 11) is 0. The number of hydrogen-bond acceptors (Lipinski definition) is 5. The van der Waals surface area contributed by atoms with Crippen LogP contribution in [0.2, 0.25) is 0 Å². The number of ether oxygens (including phenoxy) is 1. The molecule has 5 nitrogen and oxygen atoms in total. The summed E-state index contributed by atoms with van der Waals surface area (Å²) in [5, 5.41) is 17.2. The van der Waals surface area contributed by atoms with E-state index in [4.69, 9.17) is 9.84 Å². The summed E-state index contributed by atoms with van der Waals surface area (Å²) in [6, 6.07) is 19.5. The molecule has 0 saturated carbocycles. The standard InChI is InChI=1S/C22H19N3O2/c1-14-9-10-20(26)16(12-14)18-13-19-15-6-2-3-8-21(15)27-22(25(19)24-18)17-7-4-5-11-23-17/h2-12,19,22,26H,13H2,1H3/t19-,22+/m1/s1. The number of pyridine rings is 1. The van der Waals surface area contributed by atoms with Crippen molar-refractivity contribution in [2.75, 3.05) is 0 Å². The van der Waals surface area contributed by atoms with Gasteiger partial charge in [0.05, 0.1) is 11.8 Å². The second-order valence-corrected chi connectivity index (χ2v) is 6.93. The van der Waals surface area contributed by atoms with Gasteiger partial charge in [-0.05, 0) is 37.3 Å². The first-order chi connectivity index (χ1) is 13.2. The highest BCUT2D eigenvalue weighted by molar-refractivity contribution is 6.04. The Bertz CT molecular complexity index is 1030. The summed E-state index contributed by atoms with van der Waals surface area (Å²) in [4.78, 5) is 4.48. The minimum atomic E-state index is -0.393. The Balaban J connectivity index is 1.62. The molecule has 5 rings (SSSR count). The predicted octanol–water partition coefficient (Wildman–Crippen LogP) is 4.34. The van der Waals surface area contributed by atoms with Crippen molar-refractivity contribution in [2.45, 2.75) is 25.6 Å². The van der Waals surface area contributed by atoms with Gasteiger partial charge >= 0.3 is 0 Å². The molecule has 2 atom stereocenters. The van der Waals surface area contributed by atoms with Crippen LogP contribution in [-0.2, 0) is 0 Å². The maximum absolute atomic E-state index is 10.4. The number of nitrogens with zero attached hydrogens (tertiary/aromatic N) is 3. The fraction of sp³-hybridized carbons (Fsp3) is 0.182. The lowest BCUT2D eigenvalue weighted by atomic mass is 9.95. The third kappa shape index (κ3) is 2.63. The Kier molecular flexibility index (Phi) is 3.60. The minimum absolute atomic E-state index is 0.0527. The van der Waals surface area contributed by atoms with Crippen molar-refractivity contribution < 1.29 is 9.84 Å². The summed E-state index contributed by atoms with van der Waals surface area (Å²) in [6.45, 7) is 2.01. The van der Waals surface area contributed by atoms with E-state index in [1.54, 1.807) is 12.3 Å². The monoisotopic (exact) mass is 357 g/mol. The van der Waals surface area contributed by atoms with E-state index in [9.17, 15) is 5.11 Å². The molecule has 0 fully saturated rings. The van der Waals surface area contributed by atoms with Gasteiger partial charge in [0.2, 0.25) is 6.23 Å². The van der Waals surface area contributed by atoms with Crippen molar-refractivity contribution in [1.82, 2.24) is 9.99 Å². The van der Waals surface area contributed by atoms with Crippen molar-refractivity contribution >= 4 is 5.71 Å².